The molecule has 1 N–H and O–H groups in total. The lowest BCUT2D eigenvalue weighted by molar-refractivity contribution is -0.232. The lowest BCUT2D eigenvalue weighted by Gasteiger charge is -2.45. The van der Waals surface area contributed by atoms with Gasteiger partial charge >= 0.3 is 0 Å². The Hall–Kier alpha value is -0.120. The fourth-order valence-corrected chi connectivity index (χ4v) is 6.26. The highest BCUT2D eigenvalue weighted by Gasteiger charge is 2.72. The van der Waals surface area contributed by atoms with Crippen LogP contribution in [0.4, 0.5) is 0 Å². The minimum absolute atomic E-state index is 0.107. The van der Waals surface area contributed by atoms with Crippen LogP contribution in [0.3, 0.4) is 0 Å². The molecule has 3 nitrogen and oxygen atoms in total. The van der Waals surface area contributed by atoms with Crippen molar-refractivity contribution >= 4 is 0 Å². The van der Waals surface area contributed by atoms with Gasteiger partial charge in [-0.15, -0.1) is 0 Å². The van der Waals surface area contributed by atoms with E-state index in [-0.39, 0.29) is 17.3 Å². The summed E-state index contributed by atoms with van der Waals surface area (Å²) >= 11 is 0. The van der Waals surface area contributed by atoms with Gasteiger partial charge < -0.3 is 14.6 Å². The van der Waals surface area contributed by atoms with Gasteiger partial charge in [-0.05, 0) is 41.9 Å². The topological polar surface area (TPSA) is 38.7 Å². The first-order valence-corrected chi connectivity index (χ1v) is 7.88. The summed E-state index contributed by atoms with van der Waals surface area (Å²) in [6.45, 7) is 8.53. The van der Waals surface area contributed by atoms with Crippen molar-refractivity contribution in [2.45, 2.75) is 58.3 Å². The van der Waals surface area contributed by atoms with E-state index in [9.17, 15) is 5.11 Å². The van der Waals surface area contributed by atoms with Crippen LogP contribution in [-0.2, 0) is 9.47 Å². The monoisotopic (exact) mass is 266 g/mol. The van der Waals surface area contributed by atoms with Crippen molar-refractivity contribution in [2.24, 2.45) is 28.6 Å². The molecule has 3 heteroatoms. The van der Waals surface area contributed by atoms with Gasteiger partial charge in [0.15, 0.2) is 5.79 Å². The maximum absolute atomic E-state index is 10.3. The molecule has 0 unspecified atom stereocenters. The van der Waals surface area contributed by atoms with Gasteiger partial charge in [-0.3, -0.25) is 0 Å². The molecule has 1 saturated heterocycles. The van der Waals surface area contributed by atoms with Gasteiger partial charge in [-0.2, -0.15) is 0 Å². The Morgan fingerprint density at radius 2 is 1.74 bits per heavy atom. The Morgan fingerprint density at radius 1 is 1.05 bits per heavy atom. The Labute approximate surface area is 115 Å². The van der Waals surface area contributed by atoms with Gasteiger partial charge in [0.1, 0.15) is 0 Å². The Kier molecular flexibility index (Phi) is 2.36. The van der Waals surface area contributed by atoms with E-state index in [1.165, 1.54) is 6.42 Å². The van der Waals surface area contributed by atoms with Gasteiger partial charge in [-0.25, -0.2) is 0 Å². The highest BCUT2D eigenvalue weighted by molar-refractivity contribution is 5.18. The number of ether oxygens (including phenoxy) is 2. The maximum atomic E-state index is 10.3. The first kappa shape index (κ1) is 12.6. The number of aliphatic hydroxyl groups excluding tert-OH is 1. The van der Waals surface area contributed by atoms with Gasteiger partial charge in [0.05, 0.1) is 19.3 Å². The van der Waals surface area contributed by atoms with E-state index in [1.807, 2.05) is 0 Å². The zero-order valence-corrected chi connectivity index (χ0v) is 12.3. The van der Waals surface area contributed by atoms with Crippen molar-refractivity contribution in [1.82, 2.24) is 0 Å². The number of aliphatic hydroxyl groups is 1. The molecular weight excluding hydrogens is 240 g/mol. The van der Waals surface area contributed by atoms with E-state index in [0.717, 1.165) is 32.5 Å². The molecule has 4 rings (SSSR count). The summed E-state index contributed by atoms with van der Waals surface area (Å²) in [5.41, 5.74) is 0.556. The van der Waals surface area contributed by atoms with E-state index >= 15 is 0 Å². The summed E-state index contributed by atoms with van der Waals surface area (Å²) < 4.78 is 12.2. The van der Waals surface area contributed by atoms with Crippen LogP contribution in [0, 0.1) is 28.6 Å². The first-order chi connectivity index (χ1) is 8.92. The lowest BCUT2D eigenvalue weighted by atomic mass is 9.66. The average Bonchev–Trinajstić information content (AvgIpc) is 2.97. The van der Waals surface area contributed by atoms with Crippen LogP contribution < -0.4 is 0 Å². The average molecular weight is 266 g/mol. The fourth-order valence-electron chi connectivity index (χ4n) is 6.26. The van der Waals surface area contributed by atoms with Crippen LogP contribution in [0.2, 0.25) is 0 Å². The zero-order chi connectivity index (χ0) is 13.5. The minimum atomic E-state index is -0.302. The summed E-state index contributed by atoms with van der Waals surface area (Å²) in [7, 11) is 0. The van der Waals surface area contributed by atoms with E-state index in [2.05, 4.69) is 20.8 Å². The van der Waals surface area contributed by atoms with Crippen LogP contribution in [-0.4, -0.2) is 30.2 Å². The number of hydrogen-bond acceptors (Lipinski definition) is 3. The summed E-state index contributed by atoms with van der Waals surface area (Å²) in [6.07, 6.45) is 4.23. The molecule has 0 aromatic carbocycles. The zero-order valence-electron chi connectivity index (χ0n) is 12.3. The van der Waals surface area contributed by atoms with Crippen molar-refractivity contribution in [2.75, 3.05) is 13.2 Å². The van der Waals surface area contributed by atoms with Crippen molar-refractivity contribution in [3.8, 4) is 0 Å². The molecule has 0 aromatic heterocycles. The molecule has 1 heterocycles. The third-order valence-electron chi connectivity index (χ3n) is 7.28. The molecule has 3 aliphatic carbocycles. The Morgan fingerprint density at radius 3 is 2.42 bits per heavy atom. The third-order valence-corrected chi connectivity index (χ3v) is 7.28. The second-order valence-electron chi connectivity index (χ2n) is 7.96. The van der Waals surface area contributed by atoms with E-state index < -0.39 is 0 Å². The van der Waals surface area contributed by atoms with Crippen LogP contribution in [0.1, 0.15) is 46.5 Å². The van der Waals surface area contributed by atoms with Crippen molar-refractivity contribution in [3.05, 3.63) is 0 Å². The summed E-state index contributed by atoms with van der Waals surface area (Å²) in [5, 5.41) is 10.3. The van der Waals surface area contributed by atoms with Gasteiger partial charge in [-0.1, -0.05) is 20.8 Å². The van der Waals surface area contributed by atoms with Crippen molar-refractivity contribution in [3.63, 3.8) is 0 Å². The molecule has 0 radical (unpaired) electrons. The number of fused-ring (bicyclic) bond motifs is 2. The molecule has 2 bridgehead atoms. The molecule has 1 aliphatic heterocycles. The van der Waals surface area contributed by atoms with E-state index in [0.29, 0.717) is 23.2 Å². The second kappa shape index (κ2) is 3.55. The standard InChI is InChI=1S/C16H26O3/c1-10-11(17)8-12-14(2,3)13-9-15(10,12)4-5-16(13)18-6-7-19-16/h10-13,17H,4-9H2,1-3H3/t10-,11-,12+,13-,15+/m1/s1. The van der Waals surface area contributed by atoms with Crippen LogP contribution in [0.15, 0.2) is 0 Å². The maximum Gasteiger partial charge on any atom is 0.171 e. The van der Waals surface area contributed by atoms with Gasteiger partial charge in [0.25, 0.3) is 0 Å². The predicted molar refractivity (Wildman–Crippen MR) is 71.5 cm³/mol. The quantitative estimate of drug-likeness (QED) is 0.732. The molecule has 2 spiro atoms. The second-order valence-corrected chi connectivity index (χ2v) is 7.96. The molecule has 4 fully saturated rings. The van der Waals surface area contributed by atoms with Crippen LogP contribution in [0.5, 0.6) is 0 Å². The summed E-state index contributed by atoms with van der Waals surface area (Å²) in [6, 6.07) is 0. The molecule has 3 saturated carbocycles. The highest BCUT2D eigenvalue weighted by atomic mass is 16.7. The molecule has 108 valence electrons. The fraction of sp³-hybridized carbons (Fsp3) is 1.00. The van der Waals surface area contributed by atoms with Crippen LogP contribution in [0.25, 0.3) is 0 Å². The molecular formula is C16H26O3. The predicted octanol–water partition coefficient (Wildman–Crippen LogP) is 2.57. The van der Waals surface area contributed by atoms with E-state index in [1.54, 1.807) is 0 Å². The molecule has 0 amide bonds. The number of hydrogen-bond donors (Lipinski definition) is 1. The first-order valence-electron chi connectivity index (χ1n) is 7.88. The third kappa shape index (κ3) is 1.30. The van der Waals surface area contributed by atoms with Crippen LogP contribution >= 0.6 is 0 Å². The Balaban J connectivity index is 1.77. The molecule has 5 atom stereocenters. The summed E-state index contributed by atoms with van der Waals surface area (Å²) in [5.74, 6) is 1.25. The van der Waals surface area contributed by atoms with Gasteiger partial charge in [0, 0.05) is 12.3 Å². The minimum Gasteiger partial charge on any atom is -0.393 e. The molecule has 19 heavy (non-hydrogen) atoms. The molecule has 4 aliphatic rings. The molecule has 0 aromatic rings. The summed E-state index contributed by atoms with van der Waals surface area (Å²) in [4.78, 5) is 0. The largest absolute Gasteiger partial charge is 0.393 e. The van der Waals surface area contributed by atoms with Crippen molar-refractivity contribution in [1.29, 1.82) is 0 Å². The van der Waals surface area contributed by atoms with Gasteiger partial charge in [0.2, 0.25) is 0 Å². The lowest BCUT2D eigenvalue weighted by Crippen LogP contribution is -2.48. The SMILES string of the molecule is C[C@@H]1[C@H](O)C[C@H]2C(C)(C)[C@H]3C[C@@]12CCC31OCCO1. The highest BCUT2D eigenvalue weighted by Crippen LogP contribution is 2.74. The van der Waals surface area contributed by atoms with Crippen molar-refractivity contribution < 1.29 is 14.6 Å². The normalized spacial score (nSPS) is 53.7. The number of rotatable bonds is 0. The van der Waals surface area contributed by atoms with E-state index in [4.69, 9.17) is 9.47 Å². The Bertz CT molecular complexity index is 399. The smallest absolute Gasteiger partial charge is 0.171 e.